The van der Waals surface area contributed by atoms with E-state index >= 15 is 0 Å². The van der Waals surface area contributed by atoms with Crippen LogP contribution in [-0.2, 0) is 4.79 Å². The minimum absolute atomic E-state index is 0.0817. The summed E-state index contributed by atoms with van der Waals surface area (Å²) in [6.07, 6.45) is 0. The largest absolute Gasteiger partial charge is 0.368 e. The van der Waals surface area contributed by atoms with Crippen LogP contribution in [0.2, 0.25) is 0 Å². The van der Waals surface area contributed by atoms with Crippen LogP contribution < -0.4 is 11.1 Å². The summed E-state index contributed by atoms with van der Waals surface area (Å²) in [6.45, 7) is 0. The highest BCUT2D eigenvalue weighted by atomic mass is 19.1. The first-order valence-electron chi connectivity index (χ1n) is 5.64. The quantitative estimate of drug-likeness (QED) is 0.889. The van der Waals surface area contributed by atoms with Gasteiger partial charge in [-0.3, -0.25) is 4.79 Å². The number of anilines is 1. The van der Waals surface area contributed by atoms with Gasteiger partial charge in [0.1, 0.15) is 17.7 Å². The Bertz CT molecular complexity index is 602. The van der Waals surface area contributed by atoms with Crippen molar-refractivity contribution in [2.75, 3.05) is 5.32 Å². The summed E-state index contributed by atoms with van der Waals surface area (Å²) in [7, 11) is 0. The summed E-state index contributed by atoms with van der Waals surface area (Å²) in [4.78, 5) is 11.4. The third-order valence-corrected chi connectivity index (χ3v) is 2.67. The van der Waals surface area contributed by atoms with E-state index in [1.54, 1.807) is 12.1 Å². The Morgan fingerprint density at radius 2 is 1.58 bits per heavy atom. The Balaban J connectivity index is 2.35. The second-order valence-electron chi connectivity index (χ2n) is 3.98. The van der Waals surface area contributed by atoms with Gasteiger partial charge in [0.05, 0.1) is 5.69 Å². The van der Waals surface area contributed by atoms with Crippen molar-refractivity contribution >= 4 is 11.6 Å². The van der Waals surface area contributed by atoms with Gasteiger partial charge in [0, 0.05) is 5.56 Å². The van der Waals surface area contributed by atoms with E-state index in [-0.39, 0.29) is 11.3 Å². The number of benzene rings is 2. The fourth-order valence-corrected chi connectivity index (χ4v) is 1.75. The van der Waals surface area contributed by atoms with Crippen LogP contribution in [0.5, 0.6) is 0 Å². The molecule has 0 aliphatic carbocycles. The Kier molecular flexibility index (Phi) is 3.75. The first-order chi connectivity index (χ1) is 9.09. The first kappa shape index (κ1) is 13.0. The molecule has 98 valence electrons. The van der Waals surface area contributed by atoms with Gasteiger partial charge >= 0.3 is 0 Å². The molecule has 1 unspecified atom stereocenters. The molecule has 0 heterocycles. The molecular weight excluding hydrogens is 250 g/mol. The molecule has 2 aromatic carbocycles. The molecule has 0 fully saturated rings. The van der Waals surface area contributed by atoms with Crippen LogP contribution in [0.4, 0.5) is 14.5 Å². The standard InChI is InChI=1S/C14H12F2N2O/c15-10-6-2-1-5-9(10)13(14(17)19)18-12-8-4-3-7-11(12)16/h1-8,13,18H,(H2,17,19). The van der Waals surface area contributed by atoms with Crippen molar-refractivity contribution in [3.63, 3.8) is 0 Å². The molecule has 0 spiro atoms. The van der Waals surface area contributed by atoms with Crippen LogP contribution in [0.3, 0.4) is 0 Å². The van der Waals surface area contributed by atoms with Crippen LogP contribution in [0.1, 0.15) is 11.6 Å². The number of para-hydroxylation sites is 1. The number of nitrogens with two attached hydrogens (primary N) is 1. The fourth-order valence-electron chi connectivity index (χ4n) is 1.75. The molecule has 0 aliphatic heterocycles. The number of nitrogens with one attached hydrogen (secondary N) is 1. The minimum Gasteiger partial charge on any atom is -0.368 e. The number of carbonyl (C=O) groups excluding carboxylic acids is 1. The van der Waals surface area contributed by atoms with Gasteiger partial charge in [0.25, 0.3) is 0 Å². The van der Waals surface area contributed by atoms with E-state index < -0.39 is 23.6 Å². The van der Waals surface area contributed by atoms with Crippen LogP contribution in [0.15, 0.2) is 48.5 Å². The van der Waals surface area contributed by atoms with Gasteiger partial charge in [0.2, 0.25) is 5.91 Å². The first-order valence-corrected chi connectivity index (χ1v) is 5.64. The molecule has 3 N–H and O–H groups in total. The Morgan fingerprint density at radius 1 is 1.00 bits per heavy atom. The van der Waals surface area contributed by atoms with Crippen LogP contribution in [0.25, 0.3) is 0 Å². The monoisotopic (exact) mass is 262 g/mol. The SMILES string of the molecule is NC(=O)C(Nc1ccccc1F)c1ccccc1F. The van der Waals surface area contributed by atoms with Crippen LogP contribution in [-0.4, -0.2) is 5.91 Å². The van der Waals surface area contributed by atoms with Crippen molar-refractivity contribution in [1.29, 1.82) is 0 Å². The molecule has 2 aromatic rings. The lowest BCUT2D eigenvalue weighted by Gasteiger charge is -2.18. The third kappa shape index (κ3) is 2.88. The Morgan fingerprint density at radius 3 is 2.16 bits per heavy atom. The van der Waals surface area contributed by atoms with Gasteiger partial charge in [-0.2, -0.15) is 0 Å². The van der Waals surface area contributed by atoms with E-state index in [2.05, 4.69) is 5.32 Å². The highest BCUT2D eigenvalue weighted by Crippen LogP contribution is 2.23. The average Bonchev–Trinajstić information content (AvgIpc) is 2.38. The van der Waals surface area contributed by atoms with Crippen molar-refractivity contribution in [2.24, 2.45) is 5.73 Å². The molecule has 0 saturated carbocycles. The van der Waals surface area contributed by atoms with E-state index in [0.717, 1.165) is 0 Å². The zero-order chi connectivity index (χ0) is 13.8. The van der Waals surface area contributed by atoms with E-state index in [9.17, 15) is 13.6 Å². The maximum absolute atomic E-state index is 13.7. The summed E-state index contributed by atoms with van der Waals surface area (Å²) < 4.78 is 27.2. The number of carbonyl (C=O) groups is 1. The van der Waals surface area contributed by atoms with Gasteiger partial charge in [-0.25, -0.2) is 8.78 Å². The molecular formula is C14H12F2N2O. The molecule has 0 radical (unpaired) electrons. The molecule has 0 saturated heterocycles. The predicted octanol–water partition coefficient (Wildman–Crippen LogP) is 2.60. The second-order valence-corrected chi connectivity index (χ2v) is 3.98. The molecule has 0 aromatic heterocycles. The lowest BCUT2D eigenvalue weighted by molar-refractivity contribution is -0.118. The number of halogens is 2. The van der Waals surface area contributed by atoms with Crippen molar-refractivity contribution in [1.82, 2.24) is 0 Å². The normalized spacial score (nSPS) is 11.9. The molecule has 5 heteroatoms. The van der Waals surface area contributed by atoms with E-state index in [4.69, 9.17) is 5.73 Å². The molecule has 19 heavy (non-hydrogen) atoms. The molecule has 2 rings (SSSR count). The topological polar surface area (TPSA) is 55.1 Å². The van der Waals surface area contributed by atoms with Gasteiger partial charge in [-0.1, -0.05) is 30.3 Å². The van der Waals surface area contributed by atoms with Crippen LogP contribution >= 0.6 is 0 Å². The highest BCUT2D eigenvalue weighted by Gasteiger charge is 2.21. The summed E-state index contributed by atoms with van der Waals surface area (Å²) in [6, 6.07) is 10.4. The maximum atomic E-state index is 13.7. The number of hydrogen-bond donors (Lipinski definition) is 2. The lowest BCUT2D eigenvalue weighted by Crippen LogP contribution is -2.28. The number of hydrogen-bond acceptors (Lipinski definition) is 2. The Labute approximate surface area is 109 Å². The van der Waals surface area contributed by atoms with E-state index in [0.29, 0.717) is 0 Å². The zero-order valence-corrected chi connectivity index (χ0v) is 9.94. The lowest BCUT2D eigenvalue weighted by atomic mass is 10.1. The molecule has 0 bridgehead atoms. The number of rotatable bonds is 4. The summed E-state index contributed by atoms with van der Waals surface area (Å²) in [5.74, 6) is -1.89. The molecule has 1 atom stereocenters. The summed E-state index contributed by atoms with van der Waals surface area (Å²) in [5, 5.41) is 2.61. The van der Waals surface area contributed by atoms with Crippen molar-refractivity contribution in [2.45, 2.75) is 6.04 Å². The van der Waals surface area contributed by atoms with Gasteiger partial charge in [-0.15, -0.1) is 0 Å². The third-order valence-electron chi connectivity index (χ3n) is 2.67. The zero-order valence-electron chi connectivity index (χ0n) is 9.94. The van der Waals surface area contributed by atoms with Gasteiger partial charge < -0.3 is 11.1 Å². The summed E-state index contributed by atoms with van der Waals surface area (Å²) in [5.41, 5.74) is 5.42. The smallest absolute Gasteiger partial charge is 0.244 e. The molecule has 1 amide bonds. The second kappa shape index (κ2) is 5.48. The maximum Gasteiger partial charge on any atom is 0.244 e. The average molecular weight is 262 g/mol. The molecule has 3 nitrogen and oxygen atoms in total. The van der Waals surface area contributed by atoms with Gasteiger partial charge in [0.15, 0.2) is 0 Å². The highest BCUT2D eigenvalue weighted by molar-refractivity contribution is 5.84. The summed E-state index contributed by atoms with van der Waals surface area (Å²) >= 11 is 0. The van der Waals surface area contributed by atoms with Crippen molar-refractivity contribution < 1.29 is 13.6 Å². The van der Waals surface area contributed by atoms with E-state index in [1.165, 1.54) is 36.4 Å². The molecule has 0 aliphatic rings. The predicted molar refractivity (Wildman–Crippen MR) is 68.4 cm³/mol. The fraction of sp³-hybridized carbons (Fsp3) is 0.0714. The van der Waals surface area contributed by atoms with Crippen molar-refractivity contribution in [3.8, 4) is 0 Å². The van der Waals surface area contributed by atoms with Crippen LogP contribution in [0, 0.1) is 11.6 Å². The number of amides is 1. The minimum atomic E-state index is -1.13. The Hall–Kier alpha value is -2.43. The van der Waals surface area contributed by atoms with E-state index in [1.807, 2.05) is 0 Å². The van der Waals surface area contributed by atoms with Crippen molar-refractivity contribution in [3.05, 3.63) is 65.7 Å². The number of primary amides is 1. The van der Waals surface area contributed by atoms with Gasteiger partial charge in [-0.05, 0) is 18.2 Å².